The fourth-order valence-corrected chi connectivity index (χ4v) is 5.22. The summed E-state index contributed by atoms with van der Waals surface area (Å²) in [7, 11) is 2.39. The third kappa shape index (κ3) is 9.19. The predicted molar refractivity (Wildman–Crippen MR) is 151 cm³/mol. The third-order valence-electron chi connectivity index (χ3n) is 7.18. The zero-order chi connectivity index (χ0) is 27.7. The lowest BCUT2D eigenvalue weighted by atomic mass is 9.74. The predicted octanol–water partition coefficient (Wildman–Crippen LogP) is 6.59. The topological polar surface area (TPSA) is 18.7 Å². The van der Waals surface area contributed by atoms with E-state index < -0.39 is 7.25 Å². The number of anilines is 2. The minimum atomic E-state index is -6.00. The van der Waals surface area contributed by atoms with Gasteiger partial charge < -0.3 is 31.8 Å². The summed E-state index contributed by atoms with van der Waals surface area (Å²) in [5.41, 5.74) is 6.82. The van der Waals surface area contributed by atoms with Gasteiger partial charge in [0.2, 0.25) is 0 Å². The van der Waals surface area contributed by atoms with Gasteiger partial charge in [-0.05, 0) is 48.2 Å². The molecule has 1 saturated heterocycles. The Balaban J connectivity index is 0.000000732. The van der Waals surface area contributed by atoms with E-state index in [1.54, 1.807) is 5.71 Å². The molecule has 1 heterocycles. The molecule has 9 heteroatoms. The summed E-state index contributed by atoms with van der Waals surface area (Å²) < 4.78 is 47.3. The summed E-state index contributed by atoms with van der Waals surface area (Å²) >= 11 is 0. The van der Waals surface area contributed by atoms with Crippen LogP contribution in [0.15, 0.2) is 54.6 Å². The highest BCUT2D eigenvalue weighted by Gasteiger charge is 2.35. The van der Waals surface area contributed by atoms with E-state index in [0.717, 1.165) is 26.3 Å². The Morgan fingerprint density at radius 2 is 1.37 bits per heavy atom. The van der Waals surface area contributed by atoms with Gasteiger partial charge >= 0.3 is 7.25 Å². The highest BCUT2D eigenvalue weighted by Crippen LogP contribution is 2.37. The van der Waals surface area contributed by atoms with Gasteiger partial charge in [-0.25, -0.2) is 4.58 Å². The monoisotopic (exact) mass is 533 g/mol. The van der Waals surface area contributed by atoms with Gasteiger partial charge in [-0.2, -0.15) is 0 Å². The number of hydrogen-bond donors (Lipinski definition) is 0. The molecule has 0 spiro atoms. The number of hydrogen-bond acceptors (Lipinski definition) is 3. The van der Waals surface area contributed by atoms with Crippen molar-refractivity contribution in [2.75, 3.05) is 64.3 Å². The number of ether oxygens (including phenoxy) is 1. The Bertz CT molecular complexity index is 1050. The maximum Gasteiger partial charge on any atom is 0.673 e. The van der Waals surface area contributed by atoms with Crippen LogP contribution < -0.4 is 9.80 Å². The van der Waals surface area contributed by atoms with Crippen molar-refractivity contribution in [3.05, 3.63) is 65.7 Å². The van der Waals surface area contributed by atoms with E-state index in [0.29, 0.717) is 11.8 Å². The molecule has 2 unspecified atom stereocenters. The molecule has 1 saturated carbocycles. The number of nitrogens with zero attached hydrogens (tertiary/aromatic N) is 3. The quantitative estimate of drug-likeness (QED) is 0.237. The second-order valence-electron chi connectivity index (χ2n) is 10.3. The molecule has 2 aromatic carbocycles. The van der Waals surface area contributed by atoms with E-state index in [-0.39, 0.29) is 0 Å². The van der Waals surface area contributed by atoms with Crippen LogP contribution in [0.1, 0.15) is 42.7 Å². The van der Waals surface area contributed by atoms with Crippen LogP contribution in [-0.4, -0.2) is 72.0 Å². The van der Waals surface area contributed by atoms with Crippen molar-refractivity contribution in [1.82, 2.24) is 0 Å². The number of allylic oxidation sites excluding steroid dienone is 1. The van der Waals surface area contributed by atoms with Gasteiger partial charge in [0.1, 0.15) is 13.2 Å². The van der Waals surface area contributed by atoms with Crippen LogP contribution in [0.25, 0.3) is 6.08 Å². The lowest BCUT2D eigenvalue weighted by Gasteiger charge is -2.30. The Hall–Kier alpha value is -2.81. The van der Waals surface area contributed by atoms with Crippen molar-refractivity contribution >= 4 is 30.4 Å². The first-order valence-corrected chi connectivity index (χ1v) is 13.3. The third-order valence-corrected chi connectivity index (χ3v) is 7.18. The SMILES string of the molecule is CN(C)c1ccc(/C=C/C(c2ccc(N(C)C)cc2)C2CCCCC2=[N+]2CCOCC2)cc1.F[B-](F)(F)F. The largest absolute Gasteiger partial charge is 0.673 e. The number of rotatable bonds is 6. The molecule has 1 aliphatic heterocycles. The zero-order valence-electron chi connectivity index (χ0n) is 22.9. The fraction of sp³-hybridized carbons (Fsp3) is 0.483. The molecule has 0 bridgehead atoms. The van der Waals surface area contributed by atoms with Gasteiger partial charge in [0, 0.05) is 57.8 Å². The van der Waals surface area contributed by atoms with Crippen LogP contribution in [0.5, 0.6) is 0 Å². The van der Waals surface area contributed by atoms with Crippen molar-refractivity contribution in [3.63, 3.8) is 0 Å². The van der Waals surface area contributed by atoms with E-state index in [9.17, 15) is 17.3 Å². The molecule has 4 nitrogen and oxygen atoms in total. The van der Waals surface area contributed by atoms with Gasteiger partial charge in [-0.15, -0.1) is 0 Å². The minimum absolute atomic E-state index is 0.382. The van der Waals surface area contributed by atoms with Crippen LogP contribution in [0, 0.1) is 5.92 Å². The van der Waals surface area contributed by atoms with E-state index in [2.05, 4.69) is 103 Å². The van der Waals surface area contributed by atoms with Gasteiger partial charge in [-0.1, -0.05) is 42.8 Å². The maximum absolute atomic E-state index is 9.75. The van der Waals surface area contributed by atoms with Crippen molar-refractivity contribution in [1.29, 1.82) is 0 Å². The lowest BCUT2D eigenvalue weighted by Crippen LogP contribution is -2.39. The summed E-state index contributed by atoms with van der Waals surface area (Å²) in [6, 6.07) is 18.1. The Kier molecular flexibility index (Phi) is 10.8. The Morgan fingerprint density at radius 3 is 1.89 bits per heavy atom. The first kappa shape index (κ1) is 29.7. The van der Waals surface area contributed by atoms with Crippen molar-refractivity contribution in [3.8, 4) is 0 Å². The summed E-state index contributed by atoms with van der Waals surface area (Å²) in [5.74, 6) is 0.937. The van der Waals surface area contributed by atoms with Crippen LogP contribution in [0.3, 0.4) is 0 Å². The standard InChI is InChI=1S/C29H40N3O.BF4/c1-30(2)25-14-9-23(10-15-25)11-18-27(24-12-16-26(17-13-24)31(3)4)28-7-5-6-8-29(28)32-19-21-33-22-20-32;2-1(3,4)5/h9-18,27-28H,5-8,19-22H2,1-4H3;/q+1;-1/b18-11+;. The smallest absolute Gasteiger partial charge is 0.418 e. The summed E-state index contributed by atoms with van der Waals surface area (Å²) in [5, 5.41) is 0. The average molecular weight is 533 g/mol. The van der Waals surface area contributed by atoms with Gasteiger partial charge in [0.05, 0.1) is 0 Å². The highest BCUT2D eigenvalue weighted by molar-refractivity contribution is 6.50. The zero-order valence-corrected chi connectivity index (χ0v) is 22.9. The van der Waals surface area contributed by atoms with E-state index in [1.807, 2.05) is 0 Å². The number of morpholine rings is 1. The first-order valence-electron chi connectivity index (χ1n) is 13.3. The van der Waals surface area contributed by atoms with Gasteiger partial charge in [0.25, 0.3) is 0 Å². The van der Waals surface area contributed by atoms with Crippen LogP contribution >= 0.6 is 0 Å². The number of benzene rings is 2. The van der Waals surface area contributed by atoms with Crippen LogP contribution in [0.4, 0.5) is 28.6 Å². The highest BCUT2D eigenvalue weighted by atomic mass is 19.5. The molecule has 208 valence electrons. The number of halogens is 4. The molecule has 2 fully saturated rings. The first-order chi connectivity index (χ1) is 18.0. The molecular weight excluding hydrogens is 493 g/mol. The molecule has 0 N–H and O–H groups in total. The molecule has 0 radical (unpaired) electrons. The molecule has 2 aliphatic rings. The average Bonchev–Trinajstić information content (AvgIpc) is 2.89. The fourth-order valence-electron chi connectivity index (χ4n) is 5.22. The second-order valence-corrected chi connectivity index (χ2v) is 10.3. The Morgan fingerprint density at radius 1 is 0.842 bits per heavy atom. The van der Waals surface area contributed by atoms with Gasteiger partial charge in [-0.3, -0.25) is 0 Å². The summed E-state index contributed by atoms with van der Waals surface area (Å²) in [6.45, 7) is 3.78. The molecule has 1 aliphatic carbocycles. The summed E-state index contributed by atoms with van der Waals surface area (Å²) in [4.78, 5) is 4.32. The molecule has 2 aromatic rings. The molecule has 38 heavy (non-hydrogen) atoms. The van der Waals surface area contributed by atoms with E-state index in [1.165, 1.54) is 48.2 Å². The molecule has 0 amide bonds. The molecular formula is C29H40BF4N3O. The summed E-state index contributed by atoms with van der Waals surface area (Å²) in [6.07, 6.45) is 9.90. The molecule has 4 rings (SSSR count). The van der Waals surface area contributed by atoms with Crippen molar-refractivity contribution in [2.45, 2.75) is 31.6 Å². The van der Waals surface area contributed by atoms with Crippen molar-refractivity contribution in [2.24, 2.45) is 5.92 Å². The Labute approximate surface area is 224 Å². The van der Waals surface area contributed by atoms with E-state index in [4.69, 9.17) is 4.74 Å². The van der Waals surface area contributed by atoms with Crippen LogP contribution in [-0.2, 0) is 4.74 Å². The van der Waals surface area contributed by atoms with Crippen LogP contribution in [0.2, 0.25) is 0 Å². The minimum Gasteiger partial charge on any atom is -0.418 e. The second kappa shape index (κ2) is 13.8. The normalized spacial score (nSPS) is 19.1. The lowest BCUT2D eigenvalue weighted by molar-refractivity contribution is -0.552. The van der Waals surface area contributed by atoms with E-state index >= 15 is 0 Å². The van der Waals surface area contributed by atoms with Gasteiger partial charge in [0.15, 0.2) is 18.8 Å². The van der Waals surface area contributed by atoms with Crippen molar-refractivity contribution < 1.29 is 26.6 Å². The molecule has 2 atom stereocenters. The molecule has 0 aromatic heterocycles. The maximum atomic E-state index is 9.75.